The van der Waals surface area contributed by atoms with Crippen LogP contribution in [-0.2, 0) is 0 Å². The standard InChI is InChI=1S/C20H35BN/c1-19(2)8-6-9-20(3,4)22(19)10-5-7-16-11-17-13-18(12-16)15-21-14-17/h11,17-18H,5-10,12-15H2,1-4H3. The van der Waals surface area contributed by atoms with E-state index in [-0.39, 0.29) is 0 Å². The van der Waals surface area contributed by atoms with Crippen LogP contribution in [0.3, 0.4) is 0 Å². The summed E-state index contributed by atoms with van der Waals surface area (Å²) in [6.45, 7) is 11.1. The predicted octanol–water partition coefficient (Wildman–Crippen LogP) is 5.32. The summed E-state index contributed by atoms with van der Waals surface area (Å²) >= 11 is 0. The molecule has 2 aliphatic heterocycles. The van der Waals surface area contributed by atoms with Gasteiger partial charge in [-0.2, -0.15) is 0 Å². The number of hydrogen-bond acceptors (Lipinski definition) is 1. The zero-order chi connectivity index (χ0) is 15.8. The second kappa shape index (κ2) is 6.34. The Morgan fingerprint density at radius 1 is 1.14 bits per heavy atom. The van der Waals surface area contributed by atoms with Crippen LogP contribution in [0.2, 0.25) is 12.6 Å². The molecule has 123 valence electrons. The molecule has 1 radical (unpaired) electrons. The van der Waals surface area contributed by atoms with Gasteiger partial charge in [0.15, 0.2) is 0 Å². The van der Waals surface area contributed by atoms with Gasteiger partial charge in [0.1, 0.15) is 7.28 Å². The third-order valence-electron chi connectivity index (χ3n) is 6.55. The molecule has 0 aromatic rings. The molecule has 2 fully saturated rings. The van der Waals surface area contributed by atoms with Crippen LogP contribution >= 0.6 is 0 Å². The zero-order valence-corrected chi connectivity index (χ0v) is 15.3. The molecule has 1 aliphatic carbocycles. The van der Waals surface area contributed by atoms with E-state index in [4.69, 9.17) is 0 Å². The SMILES string of the molecule is CC1(C)CCCC(C)(C)N1CCCC1=CC2C[B]CC(C1)C2. The first-order valence-corrected chi connectivity index (χ1v) is 9.66. The molecule has 2 heteroatoms. The maximum absolute atomic E-state index is 2.81. The van der Waals surface area contributed by atoms with Gasteiger partial charge in [0.25, 0.3) is 0 Å². The third-order valence-corrected chi connectivity index (χ3v) is 6.55. The minimum Gasteiger partial charge on any atom is -0.293 e. The molecule has 0 aromatic heterocycles. The lowest BCUT2D eigenvalue weighted by atomic mass is 9.53. The van der Waals surface area contributed by atoms with Crippen molar-refractivity contribution in [2.45, 2.75) is 96.4 Å². The zero-order valence-electron chi connectivity index (χ0n) is 15.3. The van der Waals surface area contributed by atoms with Crippen LogP contribution in [0.5, 0.6) is 0 Å². The smallest absolute Gasteiger partial charge is 0.110 e. The van der Waals surface area contributed by atoms with E-state index < -0.39 is 0 Å². The Hall–Kier alpha value is -0.235. The van der Waals surface area contributed by atoms with E-state index in [9.17, 15) is 0 Å². The Morgan fingerprint density at radius 3 is 2.55 bits per heavy atom. The normalized spacial score (nSPS) is 33.9. The molecular formula is C20H35BN. The quantitative estimate of drug-likeness (QED) is 0.502. The van der Waals surface area contributed by atoms with Crippen LogP contribution in [0.15, 0.2) is 11.6 Å². The lowest BCUT2D eigenvalue weighted by Gasteiger charge is -2.53. The largest absolute Gasteiger partial charge is 0.293 e. The third kappa shape index (κ3) is 3.63. The minimum atomic E-state index is 0.383. The molecule has 2 bridgehead atoms. The first kappa shape index (κ1) is 16.6. The first-order valence-electron chi connectivity index (χ1n) is 9.66. The van der Waals surface area contributed by atoms with Gasteiger partial charge in [0.05, 0.1) is 0 Å². The lowest BCUT2D eigenvalue weighted by Crippen LogP contribution is -2.58. The van der Waals surface area contributed by atoms with E-state index in [1.165, 1.54) is 64.1 Å². The van der Waals surface area contributed by atoms with Crippen molar-refractivity contribution in [1.82, 2.24) is 4.90 Å². The van der Waals surface area contributed by atoms with Gasteiger partial charge in [0.2, 0.25) is 0 Å². The van der Waals surface area contributed by atoms with E-state index in [2.05, 4.69) is 46.0 Å². The van der Waals surface area contributed by atoms with Gasteiger partial charge >= 0.3 is 0 Å². The van der Waals surface area contributed by atoms with Gasteiger partial charge < -0.3 is 0 Å². The van der Waals surface area contributed by atoms with Crippen molar-refractivity contribution in [1.29, 1.82) is 0 Å². The Bertz CT molecular complexity index is 407. The molecule has 0 saturated carbocycles. The second-order valence-electron chi connectivity index (χ2n) is 9.38. The van der Waals surface area contributed by atoms with Crippen molar-refractivity contribution in [2.75, 3.05) is 6.54 Å². The summed E-state index contributed by atoms with van der Waals surface area (Å²) in [5.74, 6) is 1.85. The highest BCUT2D eigenvalue weighted by Crippen LogP contribution is 2.40. The van der Waals surface area contributed by atoms with Gasteiger partial charge in [-0.15, -0.1) is 0 Å². The van der Waals surface area contributed by atoms with Crippen molar-refractivity contribution in [2.24, 2.45) is 11.8 Å². The number of rotatable bonds is 4. The van der Waals surface area contributed by atoms with Crippen molar-refractivity contribution < 1.29 is 0 Å². The molecule has 3 aliphatic rings. The average molecular weight is 300 g/mol. The Morgan fingerprint density at radius 2 is 1.86 bits per heavy atom. The molecule has 0 amide bonds. The molecule has 0 aromatic carbocycles. The predicted molar refractivity (Wildman–Crippen MR) is 97.6 cm³/mol. The molecule has 0 spiro atoms. The molecule has 1 nitrogen and oxygen atoms in total. The number of allylic oxidation sites excluding steroid dienone is 2. The maximum Gasteiger partial charge on any atom is 0.110 e. The molecule has 3 rings (SSSR count). The number of likely N-dealkylation sites (tertiary alicyclic amines) is 1. The van der Waals surface area contributed by atoms with Crippen LogP contribution in [0.25, 0.3) is 0 Å². The van der Waals surface area contributed by atoms with Gasteiger partial charge in [-0.3, -0.25) is 4.90 Å². The average Bonchev–Trinajstić information content (AvgIpc) is 2.41. The molecule has 2 heterocycles. The molecule has 2 unspecified atom stereocenters. The van der Waals surface area contributed by atoms with Crippen molar-refractivity contribution in [3.63, 3.8) is 0 Å². The first-order chi connectivity index (χ1) is 10.4. The molecule has 2 saturated heterocycles. The second-order valence-corrected chi connectivity index (χ2v) is 9.38. The Kier molecular flexibility index (Phi) is 4.79. The number of nitrogens with zero attached hydrogens (tertiary/aromatic N) is 1. The molecule has 2 atom stereocenters. The fourth-order valence-electron chi connectivity index (χ4n) is 5.54. The van der Waals surface area contributed by atoms with Crippen molar-refractivity contribution in [3.05, 3.63) is 11.6 Å². The number of fused-ring (bicyclic) bond motifs is 2. The van der Waals surface area contributed by atoms with Gasteiger partial charge in [-0.1, -0.05) is 24.3 Å². The van der Waals surface area contributed by atoms with Gasteiger partial charge in [0, 0.05) is 11.1 Å². The summed E-state index contributed by atoms with van der Waals surface area (Å²) in [6, 6.07) is 0. The summed E-state index contributed by atoms with van der Waals surface area (Å²) in [6.07, 6.45) is 15.0. The van der Waals surface area contributed by atoms with Crippen LogP contribution in [-0.4, -0.2) is 29.8 Å². The highest BCUT2D eigenvalue weighted by Gasteiger charge is 2.40. The van der Waals surface area contributed by atoms with E-state index in [1.54, 1.807) is 5.57 Å². The van der Waals surface area contributed by atoms with Gasteiger partial charge in [-0.05, 0) is 91.0 Å². The highest BCUT2D eigenvalue weighted by molar-refractivity contribution is 6.36. The summed E-state index contributed by atoms with van der Waals surface area (Å²) in [7, 11) is 2.53. The summed E-state index contributed by atoms with van der Waals surface area (Å²) in [5, 5.41) is 0. The molecule has 0 N–H and O–H groups in total. The summed E-state index contributed by atoms with van der Waals surface area (Å²) in [4.78, 5) is 2.81. The van der Waals surface area contributed by atoms with Crippen LogP contribution in [0.1, 0.15) is 72.6 Å². The van der Waals surface area contributed by atoms with Crippen molar-refractivity contribution >= 4 is 7.28 Å². The highest BCUT2D eigenvalue weighted by atomic mass is 15.3. The summed E-state index contributed by atoms with van der Waals surface area (Å²) < 4.78 is 0. The fraction of sp³-hybridized carbons (Fsp3) is 0.900. The Labute approximate surface area is 139 Å². The van der Waals surface area contributed by atoms with Crippen molar-refractivity contribution in [3.8, 4) is 0 Å². The number of piperidine rings is 1. The lowest BCUT2D eigenvalue weighted by molar-refractivity contribution is -0.0272. The fourth-order valence-corrected chi connectivity index (χ4v) is 5.54. The molecule has 22 heavy (non-hydrogen) atoms. The molecular weight excluding hydrogens is 265 g/mol. The topological polar surface area (TPSA) is 3.24 Å². The summed E-state index contributed by atoms with van der Waals surface area (Å²) in [5.41, 5.74) is 2.55. The van der Waals surface area contributed by atoms with E-state index >= 15 is 0 Å². The van der Waals surface area contributed by atoms with E-state index in [1.807, 2.05) is 0 Å². The monoisotopic (exact) mass is 300 g/mol. The van der Waals surface area contributed by atoms with Crippen LogP contribution < -0.4 is 0 Å². The minimum absolute atomic E-state index is 0.383. The Balaban J connectivity index is 1.55. The van der Waals surface area contributed by atoms with Gasteiger partial charge in [-0.25, -0.2) is 0 Å². The maximum atomic E-state index is 2.81. The van der Waals surface area contributed by atoms with Crippen LogP contribution in [0.4, 0.5) is 0 Å². The van der Waals surface area contributed by atoms with E-state index in [0.29, 0.717) is 11.1 Å². The van der Waals surface area contributed by atoms with E-state index in [0.717, 1.165) is 11.8 Å². The van der Waals surface area contributed by atoms with Crippen LogP contribution in [0, 0.1) is 11.8 Å². The number of hydrogen-bond donors (Lipinski definition) is 0.